The number of anilines is 1. The van der Waals surface area contributed by atoms with Crippen molar-refractivity contribution in [2.24, 2.45) is 0 Å². The quantitative estimate of drug-likeness (QED) is 0.546. The summed E-state index contributed by atoms with van der Waals surface area (Å²) in [5.74, 6) is -1.05. The first-order valence-corrected chi connectivity index (χ1v) is 6.72. The third-order valence-corrected chi connectivity index (χ3v) is 2.93. The average molecular weight is 298 g/mol. The minimum absolute atomic E-state index is 0.173. The summed E-state index contributed by atoms with van der Waals surface area (Å²) in [4.78, 5) is 23.9. The molecule has 0 aromatic carbocycles. The molecule has 0 fully saturated rings. The number of hydrogen-bond acceptors (Lipinski definition) is 6. The van der Waals surface area contributed by atoms with E-state index in [4.69, 9.17) is 15.2 Å². The fourth-order valence-corrected chi connectivity index (χ4v) is 1.73. The number of rotatable bonds is 7. The van der Waals surface area contributed by atoms with E-state index in [9.17, 15) is 9.59 Å². The minimum Gasteiger partial charge on any atom is -0.448 e. The molecule has 1 unspecified atom stereocenters. The first-order chi connectivity index (χ1) is 9.92. The Bertz CT molecular complexity index is 513. The molecule has 0 bridgehead atoms. The van der Waals surface area contributed by atoms with Gasteiger partial charge in [-0.3, -0.25) is 9.48 Å². The summed E-state index contributed by atoms with van der Waals surface area (Å²) in [6.45, 7) is 6.27. The largest absolute Gasteiger partial charge is 0.448 e. The Morgan fingerprint density at radius 1 is 1.48 bits per heavy atom. The molecule has 0 radical (unpaired) electrons. The van der Waals surface area contributed by atoms with Gasteiger partial charge in [0.25, 0.3) is 5.91 Å². The van der Waals surface area contributed by atoms with Crippen LogP contribution in [0.4, 0.5) is 5.69 Å². The summed E-state index contributed by atoms with van der Waals surface area (Å²) >= 11 is 0. The van der Waals surface area contributed by atoms with Crippen molar-refractivity contribution in [2.75, 3.05) is 26.0 Å². The Hall–Kier alpha value is -2.09. The lowest BCUT2D eigenvalue weighted by molar-refractivity contribution is -0.129. The summed E-state index contributed by atoms with van der Waals surface area (Å²) in [7, 11) is 1.53. The van der Waals surface area contributed by atoms with Crippen LogP contribution in [-0.2, 0) is 20.8 Å². The van der Waals surface area contributed by atoms with E-state index >= 15 is 0 Å². The predicted octanol–water partition coefficient (Wildman–Crippen LogP) is 0.102. The van der Waals surface area contributed by atoms with Gasteiger partial charge in [-0.25, -0.2) is 4.79 Å². The molecule has 1 atom stereocenters. The van der Waals surface area contributed by atoms with Crippen LogP contribution in [0, 0.1) is 6.92 Å². The lowest BCUT2D eigenvalue weighted by Gasteiger charge is -2.14. The molecule has 1 amide bonds. The molecule has 1 aromatic rings. The number of carbonyl (C=O) groups is 2. The van der Waals surface area contributed by atoms with E-state index in [1.54, 1.807) is 6.92 Å². The second-order valence-electron chi connectivity index (χ2n) is 4.49. The topological polar surface area (TPSA) is 108 Å². The molecule has 0 spiro atoms. The minimum atomic E-state index is -0.922. The number of nitrogen functional groups attached to an aromatic ring is 1. The number of nitrogens with one attached hydrogen (secondary N) is 1. The zero-order valence-electron chi connectivity index (χ0n) is 12.8. The van der Waals surface area contributed by atoms with Crippen molar-refractivity contribution in [3.63, 3.8) is 0 Å². The number of nitrogens with zero attached hydrogens (tertiary/aromatic N) is 2. The van der Waals surface area contributed by atoms with Gasteiger partial charge in [0.05, 0.1) is 18.0 Å². The molecule has 8 heteroatoms. The van der Waals surface area contributed by atoms with E-state index in [1.165, 1.54) is 18.7 Å². The third-order valence-electron chi connectivity index (χ3n) is 2.93. The highest BCUT2D eigenvalue weighted by molar-refractivity contribution is 5.95. The number of ether oxygens (including phenoxy) is 2. The standard InChI is InChI=1S/C13H22N4O4/c1-5-17-11(10(14)8(2)16-17)13(19)21-9(3)12(18)15-6-7-20-4/h9H,5-7,14H2,1-4H3,(H,15,18). The van der Waals surface area contributed by atoms with Gasteiger partial charge >= 0.3 is 5.97 Å². The number of methoxy groups -OCH3 is 1. The number of aryl methyl sites for hydroxylation is 2. The molecule has 8 nitrogen and oxygen atoms in total. The highest BCUT2D eigenvalue weighted by Crippen LogP contribution is 2.18. The molecule has 0 saturated heterocycles. The van der Waals surface area contributed by atoms with E-state index in [0.717, 1.165) is 0 Å². The lowest BCUT2D eigenvalue weighted by atomic mass is 10.3. The Kier molecular flexibility index (Phi) is 6.16. The molecule has 3 N–H and O–H groups in total. The number of esters is 1. The van der Waals surface area contributed by atoms with Gasteiger partial charge in [-0.1, -0.05) is 0 Å². The van der Waals surface area contributed by atoms with Crippen LogP contribution in [0.15, 0.2) is 0 Å². The molecule has 1 heterocycles. The van der Waals surface area contributed by atoms with Crippen LogP contribution in [0.3, 0.4) is 0 Å². The zero-order chi connectivity index (χ0) is 16.0. The lowest BCUT2D eigenvalue weighted by Crippen LogP contribution is -2.37. The normalized spacial score (nSPS) is 12.0. The Morgan fingerprint density at radius 3 is 2.71 bits per heavy atom. The zero-order valence-corrected chi connectivity index (χ0v) is 12.8. The maximum atomic E-state index is 12.1. The van der Waals surface area contributed by atoms with Crippen molar-refractivity contribution >= 4 is 17.6 Å². The molecule has 0 saturated carbocycles. The van der Waals surface area contributed by atoms with Gasteiger partial charge in [0, 0.05) is 20.2 Å². The first-order valence-electron chi connectivity index (χ1n) is 6.72. The Labute approximate surface area is 123 Å². The molecule has 21 heavy (non-hydrogen) atoms. The molecule has 118 valence electrons. The maximum Gasteiger partial charge on any atom is 0.359 e. The van der Waals surface area contributed by atoms with E-state index in [-0.39, 0.29) is 11.4 Å². The van der Waals surface area contributed by atoms with Crippen molar-refractivity contribution in [1.82, 2.24) is 15.1 Å². The van der Waals surface area contributed by atoms with Crippen LogP contribution in [0.1, 0.15) is 30.0 Å². The molecule has 1 aromatic heterocycles. The van der Waals surface area contributed by atoms with Crippen LogP contribution in [-0.4, -0.2) is 48.0 Å². The summed E-state index contributed by atoms with van der Waals surface area (Å²) in [6.07, 6.45) is -0.922. The SMILES string of the molecule is CCn1nc(C)c(N)c1C(=O)OC(C)C(=O)NCCOC. The smallest absolute Gasteiger partial charge is 0.359 e. The average Bonchev–Trinajstić information content (AvgIpc) is 2.74. The highest BCUT2D eigenvalue weighted by Gasteiger charge is 2.24. The molecule has 0 aliphatic heterocycles. The maximum absolute atomic E-state index is 12.1. The molecular formula is C13H22N4O4. The number of nitrogens with two attached hydrogens (primary N) is 1. The van der Waals surface area contributed by atoms with Crippen LogP contribution in [0.2, 0.25) is 0 Å². The highest BCUT2D eigenvalue weighted by atomic mass is 16.5. The fourth-order valence-electron chi connectivity index (χ4n) is 1.73. The van der Waals surface area contributed by atoms with Crippen LogP contribution in [0.25, 0.3) is 0 Å². The van der Waals surface area contributed by atoms with Crippen molar-refractivity contribution in [1.29, 1.82) is 0 Å². The van der Waals surface area contributed by atoms with E-state index in [2.05, 4.69) is 10.4 Å². The number of amides is 1. The van der Waals surface area contributed by atoms with Crippen molar-refractivity contribution in [3.8, 4) is 0 Å². The monoisotopic (exact) mass is 298 g/mol. The Balaban J connectivity index is 2.70. The van der Waals surface area contributed by atoms with Crippen molar-refractivity contribution < 1.29 is 19.1 Å². The number of aromatic nitrogens is 2. The third kappa shape index (κ3) is 4.19. The fraction of sp³-hybridized carbons (Fsp3) is 0.615. The van der Waals surface area contributed by atoms with Gasteiger partial charge in [0.15, 0.2) is 11.8 Å². The second-order valence-corrected chi connectivity index (χ2v) is 4.49. The summed E-state index contributed by atoms with van der Waals surface area (Å²) < 4.78 is 11.4. The van der Waals surface area contributed by atoms with Gasteiger partial charge in [-0.15, -0.1) is 0 Å². The molecular weight excluding hydrogens is 276 g/mol. The summed E-state index contributed by atoms with van der Waals surface area (Å²) in [5.41, 5.74) is 6.83. The van der Waals surface area contributed by atoms with Crippen LogP contribution < -0.4 is 11.1 Å². The van der Waals surface area contributed by atoms with E-state index in [0.29, 0.717) is 25.4 Å². The van der Waals surface area contributed by atoms with Crippen molar-refractivity contribution in [2.45, 2.75) is 33.4 Å². The van der Waals surface area contributed by atoms with E-state index in [1.807, 2.05) is 6.92 Å². The van der Waals surface area contributed by atoms with Crippen LogP contribution >= 0.6 is 0 Å². The number of hydrogen-bond donors (Lipinski definition) is 2. The predicted molar refractivity (Wildman–Crippen MR) is 76.8 cm³/mol. The van der Waals surface area contributed by atoms with Gasteiger partial charge in [-0.05, 0) is 20.8 Å². The van der Waals surface area contributed by atoms with Crippen molar-refractivity contribution in [3.05, 3.63) is 11.4 Å². The van der Waals surface area contributed by atoms with Crippen LogP contribution in [0.5, 0.6) is 0 Å². The Morgan fingerprint density at radius 2 is 2.14 bits per heavy atom. The summed E-state index contributed by atoms with van der Waals surface area (Å²) in [5, 5.41) is 6.73. The molecule has 0 aliphatic carbocycles. The van der Waals surface area contributed by atoms with Gasteiger partial charge < -0.3 is 20.5 Å². The second kappa shape index (κ2) is 7.63. The molecule has 0 aliphatic rings. The van der Waals surface area contributed by atoms with Gasteiger partial charge in [0.2, 0.25) is 0 Å². The number of carbonyl (C=O) groups excluding carboxylic acids is 2. The summed E-state index contributed by atoms with van der Waals surface area (Å²) in [6, 6.07) is 0. The molecule has 1 rings (SSSR count). The van der Waals surface area contributed by atoms with E-state index < -0.39 is 18.0 Å². The van der Waals surface area contributed by atoms with Gasteiger partial charge in [-0.2, -0.15) is 5.10 Å². The first kappa shape index (κ1) is 17.0. The van der Waals surface area contributed by atoms with Gasteiger partial charge in [0.1, 0.15) is 0 Å².